The van der Waals surface area contributed by atoms with E-state index in [0.717, 1.165) is 38.0 Å². The van der Waals surface area contributed by atoms with Crippen LogP contribution in [0.3, 0.4) is 0 Å². The van der Waals surface area contributed by atoms with Crippen molar-refractivity contribution >= 4 is 23.3 Å². The normalized spacial score (nSPS) is 16.9. The van der Waals surface area contributed by atoms with Crippen LogP contribution in [0.1, 0.15) is 56.8 Å². The molecule has 2 aromatic rings. The number of rotatable bonds is 6. The molecule has 6 heteroatoms. The van der Waals surface area contributed by atoms with E-state index in [1.54, 1.807) is 6.07 Å². The second-order valence-corrected chi connectivity index (χ2v) is 8.42. The summed E-state index contributed by atoms with van der Waals surface area (Å²) in [5.74, 6) is 0.773. The third-order valence-electron chi connectivity index (χ3n) is 5.67. The van der Waals surface area contributed by atoms with Crippen molar-refractivity contribution in [2.75, 3.05) is 19.7 Å². The van der Waals surface area contributed by atoms with Gasteiger partial charge in [0, 0.05) is 18.8 Å². The number of aromatic hydroxyl groups is 1. The zero-order chi connectivity index (χ0) is 20.4. The lowest BCUT2D eigenvalue weighted by Gasteiger charge is -2.24. The number of ether oxygens (including phenoxy) is 1. The smallest absolute Gasteiger partial charge is 0.145 e. The molecule has 1 aromatic heterocycles. The number of nitrogens with zero attached hydrogens (tertiary/aromatic N) is 2. The van der Waals surface area contributed by atoms with E-state index in [-0.39, 0.29) is 5.75 Å². The van der Waals surface area contributed by atoms with Gasteiger partial charge in [0.05, 0.1) is 16.3 Å². The van der Waals surface area contributed by atoms with Crippen LogP contribution >= 0.6 is 11.6 Å². The second kappa shape index (κ2) is 8.64. The van der Waals surface area contributed by atoms with Gasteiger partial charge in [-0.3, -0.25) is 4.68 Å². The third-order valence-corrected chi connectivity index (χ3v) is 5.98. The maximum absolute atomic E-state index is 10.5. The molecule has 154 valence electrons. The Morgan fingerprint density at radius 3 is 2.83 bits per heavy atom. The fourth-order valence-electron chi connectivity index (χ4n) is 3.85. The first-order valence-corrected chi connectivity index (χ1v) is 10.7. The fraction of sp³-hybridized carbons (Fsp3) is 0.435. The number of benzene rings is 1. The van der Waals surface area contributed by atoms with Gasteiger partial charge in [0.15, 0.2) is 0 Å². The minimum absolute atomic E-state index is 0.0981. The van der Waals surface area contributed by atoms with Crippen LogP contribution in [0.15, 0.2) is 35.5 Å². The summed E-state index contributed by atoms with van der Waals surface area (Å²) in [5, 5.41) is 18.8. The lowest BCUT2D eigenvalue weighted by atomic mass is 9.90. The molecule has 2 aliphatic rings. The monoisotopic (exact) mass is 413 g/mol. The van der Waals surface area contributed by atoms with Gasteiger partial charge in [-0.1, -0.05) is 17.2 Å². The van der Waals surface area contributed by atoms with Gasteiger partial charge in [-0.2, -0.15) is 5.10 Å². The van der Waals surface area contributed by atoms with Crippen molar-refractivity contribution in [2.45, 2.75) is 45.6 Å². The molecule has 2 N–H and O–H groups in total. The van der Waals surface area contributed by atoms with Crippen LogP contribution < -0.4 is 10.1 Å². The molecule has 4 rings (SSSR count). The summed E-state index contributed by atoms with van der Waals surface area (Å²) in [6.45, 7) is 6.50. The molecule has 0 radical (unpaired) electrons. The molecule has 1 aliphatic carbocycles. The number of phenols is 1. The van der Waals surface area contributed by atoms with Gasteiger partial charge < -0.3 is 15.2 Å². The molecule has 0 unspecified atom stereocenters. The Morgan fingerprint density at radius 2 is 2.10 bits per heavy atom. The van der Waals surface area contributed by atoms with Gasteiger partial charge in [0.2, 0.25) is 0 Å². The van der Waals surface area contributed by atoms with E-state index in [4.69, 9.17) is 16.3 Å². The van der Waals surface area contributed by atoms with Crippen molar-refractivity contribution in [1.29, 1.82) is 0 Å². The first-order chi connectivity index (χ1) is 14.0. The van der Waals surface area contributed by atoms with Crippen LogP contribution in [0.25, 0.3) is 11.6 Å². The van der Waals surface area contributed by atoms with Gasteiger partial charge in [0.1, 0.15) is 18.1 Å². The zero-order valence-corrected chi connectivity index (χ0v) is 17.8. The molecule has 0 atom stereocenters. The maximum Gasteiger partial charge on any atom is 0.145 e. The minimum Gasteiger partial charge on any atom is -0.506 e. The SMILES string of the molecule is CC(C)n1nccc1C1=C(COc2ccc(Cl)c(O)c2C=C2CCC2)CCNC1. The van der Waals surface area contributed by atoms with Gasteiger partial charge in [-0.05, 0) is 81.5 Å². The molecule has 1 saturated carbocycles. The van der Waals surface area contributed by atoms with E-state index in [1.807, 2.05) is 18.3 Å². The first kappa shape index (κ1) is 20.0. The van der Waals surface area contributed by atoms with Gasteiger partial charge >= 0.3 is 0 Å². The molecule has 29 heavy (non-hydrogen) atoms. The molecular formula is C23H28ClN3O2. The summed E-state index contributed by atoms with van der Waals surface area (Å²) in [5.41, 5.74) is 5.68. The molecule has 5 nitrogen and oxygen atoms in total. The molecule has 2 heterocycles. The Balaban J connectivity index is 1.63. The lowest BCUT2D eigenvalue weighted by Crippen LogP contribution is -2.27. The highest BCUT2D eigenvalue weighted by molar-refractivity contribution is 6.32. The second-order valence-electron chi connectivity index (χ2n) is 8.02. The quantitative estimate of drug-likeness (QED) is 0.681. The van der Waals surface area contributed by atoms with Crippen LogP contribution in [0.5, 0.6) is 11.5 Å². The van der Waals surface area contributed by atoms with E-state index in [0.29, 0.717) is 29.0 Å². The Hall–Kier alpha value is -2.24. The summed E-state index contributed by atoms with van der Waals surface area (Å²) in [6, 6.07) is 5.92. The van der Waals surface area contributed by atoms with Crippen LogP contribution in [0.4, 0.5) is 0 Å². The number of hydrogen-bond acceptors (Lipinski definition) is 4. The summed E-state index contributed by atoms with van der Waals surface area (Å²) in [7, 11) is 0. The molecule has 0 saturated heterocycles. The summed E-state index contributed by atoms with van der Waals surface area (Å²) >= 11 is 6.15. The maximum atomic E-state index is 10.5. The topological polar surface area (TPSA) is 59.3 Å². The van der Waals surface area contributed by atoms with Crippen LogP contribution in [0.2, 0.25) is 5.02 Å². The largest absolute Gasteiger partial charge is 0.506 e. The molecule has 0 spiro atoms. The van der Waals surface area contributed by atoms with Gasteiger partial charge in [-0.25, -0.2) is 0 Å². The highest BCUT2D eigenvalue weighted by atomic mass is 35.5. The molecular weight excluding hydrogens is 386 g/mol. The summed E-state index contributed by atoms with van der Waals surface area (Å²) in [4.78, 5) is 0. The Bertz CT molecular complexity index is 953. The number of phenolic OH excluding ortho intramolecular Hbond substituents is 1. The summed E-state index contributed by atoms with van der Waals surface area (Å²) in [6.07, 6.45) is 8.17. The number of halogens is 1. The van der Waals surface area contributed by atoms with Crippen LogP contribution in [-0.4, -0.2) is 34.6 Å². The fourth-order valence-corrected chi connectivity index (χ4v) is 4.01. The Labute approximate surface area is 177 Å². The third kappa shape index (κ3) is 4.21. The number of aromatic nitrogens is 2. The van der Waals surface area contributed by atoms with Crippen molar-refractivity contribution in [3.8, 4) is 11.5 Å². The molecule has 1 aromatic carbocycles. The van der Waals surface area contributed by atoms with Crippen LogP contribution in [0, 0.1) is 0 Å². The zero-order valence-electron chi connectivity index (χ0n) is 17.0. The highest BCUT2D eigenvalue weighted by Crippen LogP contribution is 2.39. The van der Waals surface area contributed by atoms with E-state index in [9.17, 15) is 5.11 Å². The minimum atomic E-state index is 0.0981. The van der Waals surface area contributed by atoms with Gasteiger partial charge in [0.25, 0.3) is 0 Å². The Morgan fingerprint density at radius 1 is 1.28 bits per heavy atom. The van der Waals surface area contributed by atoms with E-state index in [2.05, 4.69) is 35.0 Å². The van der Waals surface area contributed by atoms with E-state index in [1.165, 1.54) is 23.1 Å². The lowest BCUT2D eigenvalue weighted by molar-refractivity contribution is 0.341. The van der Waals surface area contributed by atoms with E-state index < -0.39 is 0 Å². The predicted molar refractivity (Wildman–Crippen MR) is 117 cm³/mol. The van der Waals surface area contributed by atoms with E-state index >= 15 is 0 Å². The van der Waals surface area contributed by atoms with Crippen molar-refractivity contribution in [2.24, 2.45) is 0 Å². The first-order valence-electron chi connectivity index (χ1n) is 10.3. The average molecular weight is 414 g/mol. The van der Waals surface area contributed by atoms with Gasteiger partial charge in [-0.15, -0.1) is 0 Å². The number of nitrogens with one attached hydrogen (secondary N) is 1. The highest BCUT2D eigenvalue weighted by Gasteiger charge is 2.20. The van der Waals surface area contributed by atoms with Crippen LogP contribution in [-0.2, 0) is 0 Å². The average Bonchev–Trinajstić information content (AvgIpc) is 3.17. The van der Waals surface area contributed by atoms with Crippen molar-refractivity contribution in [3.63, 3.8) is 0 Å². The van der Waals surface area contributed by atoms with Crippen molar-refractivity contribution in [3.05, 3.63) is 51.8 Å². The Kier molecular flexibility index (Phi) is 5.97. The summed E-state index contributed by atoms with van der Waals surface area (Å²) < 4.78 is 8.29. The number of hydrogen-bond donors (Lipinski definition) is 2. The molecule has 0 bridgehead atoms. The van der Waals surface area contributed by atoms with Crippen molar-refractivity contribution < 1.29 is 9.84 Å². The van der Waals surface area contributed by atoms with Crippen molar-refractivity contribution in [1.82, 2.24) is 15.1 Å². The molecule has 1 fully saturated rings. The molecule has 1 aliphatic heterocycles. The standard InChI is InChI=1S/C23H28ClN3O2/c1-15(2)27-21(9-11-26-27)19-13-25-10-8-17(19)14-29-22-7-6-20(24)23(28)18(22)12-16-4-3-5-16/h6-7,9,11-12,15,25,28H,3-5,8,10,13-14H2,1-2H3. The number of allylic oxidation sites excluding steroid dienone is 1. The molecule has 0 amide bonds. The predicted octanol–water partition coefficient (Wildman–Crippen LogP) is 5.22.